The molecular formula is C13H20N2O5S. The molecule has 7 nitrogen and oxygen atoms in total. The number of amides is 1. The molecule has 1 rings (SSSR count). The van der Waals surface area contributed by atoms with E-state index in [2.05, 4.69) is 10.0 Å². The van der Waals surface area contributed by atoms with E-state index in [1.807, 2.05) is 0 Å². The van der Waals surface area contributed by atoms with E-state index in [1.54, 1.807) is 12.1 Å². The second kappa shape index (κ2) is 8.08. The third-order valence-corrected chi connectivity index (χ3v) is 4.08. The first kappa shape index (κ1) is 17.6. The van der Waals surface area contributed by atoms with Gasteiger partial charge in [-0.25, -0.2) is 13.1 Å². The van der Waals surface area contributed by atoms with Crippen LogP contribution in [0.4, 0.5) is 0 Å². The smallest absolute Gasteiger partial charge is 0.240 e. The van der Waals surface area contributed by atoms with Crippen molar-refractivity contribution in [2.75, 3.05) is 20.3 Å². The van der Waals surface area contributed by atoms with Gasteiger partial charge in [0.2, 0.25) is 15.9 Å². The average Bonchev–Trinajstić information content (AvgIpc) is 2.44. The topological polar surface area (TPSA) is 105 Å². The Morgan fingerprint density at radius 3 is 2.48 bits per heavy atom. The second-order valence-electron chi connectivity index (χ2n) is 4.51. The molecule has 0 saturated carbocycles. The van der Waals surface area contributed by atoms with Crippen LogP contribution in [0.1, 0.15) is 12.5 Å². The number of methoxy groups -OCH3 is 1. The Bertz CT molecular complexity index is 556. The molecular weight excluding hydrogens is 296 g/mol. The summed E-state index contributed by atoms with van der Waals surface area (Å²) in [4.78, 5) is 10.9. The number of rotatable bonds is 8. The Morgan fingerprint density at radius 1 is 1.33 bits per heavy atom. The molecule has 0 fully saturated rings. The molecule has 0 aliphatic heterocycles. The highest BCUT2D eigenvalue weighted by atomic mass is 32.2. The Morgan fingerprint density at radius 2 is 1.95 bits per heavy atom. The Labute approximate surface area is 124 Å². The first-order valence-electron chi connectivity index (χ1n) is 6.35. The van der Waals surface area contributed by atoms with Crippen LogP contribution in [0, 0.1) is 0 Å². The molecule has 0 heterocycles. The van der Waals surface area contributed by atoms with E-state index < -0.39 is 16.1 Å². The van der Waals surface area contributed by atoms with Gasteiger partial charge in [-0.05, 0) is 17.7 Å². The number of hydrogen-bond donors (Lipinski definition) is 3. The Balaban J connectivity index is 2.64. The van der Waals surface area contributed by atoms with Crippen LogP contribution in [0.5, 0.6) is 0 Å². The van der Waals surface area contributed by atoms with Crippen molar-refractivity contribution < 1.29 is 23.1 Å². The maximum atomic E-state index is 12.0. The van der Waals surface area contributed by atoms with Crippen molar-refractivity contribution in [1.82, 2.24) is 10.0 Å². The lowest BCUT2D eigenvalue weighted by Crippen LogP contribution is -2.34. The molecule has 0 aromatic heterocycles. The zero-order valence-corrected chi connectivity index (χ0v) is 12.8. The highest BCUT2D eigenvalue weighted by molar-refractivity contribution is 7.89. The minimum atomic E-state index is -3.67. The summed E-state index contributed by atoms with van der Waals surface area (Å²) in [5, 5.41) is 12.1. The van der Waals surface area contributed by atoms with E-state index in [9.17, 15) is 18.3 Å². The zero-order valence-electron chi connectivity index (χ0n) is 12.0. The van der Waals surface area contributed by atoms with E-state index in [4.69, 9.17) is 4.74 Å². The van der Waals surface area contributed by atoms with Crippen molar-refractivity contribution in [3.8, 4) is 0 Å². The number of hydrogen-bond acceptors (Lipinski definition) is 5. The number of aliphatic hydroxyl groups is 1. The Hall–Kier alpha value is -1.48. The average molecular weight is 316 g/mol. The molecule has 1 amide bonds. The van der Waals surface area contributed by atoms with Gasteiger partial charge in [-0.2, -0.15) is 0 Å². The summed E-state index contributed by atoms with van der Waals surface area (Å²) in [6.07, 6.45) is -0.899. The molecule has 0 spiro atoms. The van der Waals surface area contributed by atoms with Gasteiger partial charge in [-0.1, -0.05) is 12.1 Å². The van der Waals surface area contributed by atoms with Crippen molar-refractivity contribution in [3.05, 3.63) is 29.8 Å². The van der Waals surface area contributed by atoms with Gasteiger partial charge in [0.25, 0.3) is 0 Å². The number of ether oxygens (including phenoxy) is 1. The zero-order chi connectivity index (χ0) is 15.9. The maximum Gasteiger partial charge on any atom is 0.240 e. The summed E-state index contributed by atoms with van der Waals surface area (Å²) in [6.45, 7) is 1.69. The number of aliphatic hydroxyl groups excluding tert-OH is 1. The largest absolute Gasteiger partial charge is 0.389 e. The van der Waals surface area contributed by atoms with Gasteiger partial charge in [0, 0.05) is 27.1 Å². The molecule has 1 unspecified atom stereocenters. The summed E-state index contributed by atoms with van der Waals surface area (Å²) in [6, 6.07) is 6.14. The van der Waals surface area contributed by atoms with Crippen LogP contribution >= 0.6 is 0 Å². The van der Waals surface area contributed by atoms with Crippen molar-refractivity contribution in [3.63, 3.8) is 0 Å². The number of carbonyl (C=O) groups is 1. The fourth-order valence-electron chi connectivity index (χ4n) is 1.55. The number of carbonyl (C=O) groups excluding carboxylic acids is 1. The van der Waals surface area contributed by atoms with Crippen molar-refractivity contribution in [2.24, 2.45) is 0 Å². The molecule has 0 saturated heterocycles. The SMILES string of the molecule is COCC(O)CNS(=O)(=O)c1ccc(CNC(C)=O)cc1. The molecule has 1 atom stereocenters. The monoisotopic (exact) mass is 316 g/mol. The predicted octanol–water partition coefficient (Wildman–Crippen LogP) is -0.392. The third-order valence-electron chi connectivity index (χ3n) is 2.64. The lowest BCUT2D eigenvalue weighted by atomic mass is 10.2. The normalized spacial score (nSPS) is 12.9. The quantitative estimate of drug-likeness (QED) is 0.606. The third kappa shape index (κ3) is 6.21. The summed E-state index contributed by atoms with van der Waals surface area (Å²) in [5.74, 6) is -0.152. The molecule has 118 valence electrons. The lowest BCUT2D eigenvalue weighted by molar-refractivity contribution is -0.119. The summed E-state index contributed by atoms with van der Waals surface area (Å²) in [7, 11) is -2.25. The van der Waals surface area contributed by atoms with Gasteiger partial charge >= 0.3 is 0 Å². The highest BCUT2D eigenvalue weighted by Crippen LogP contribution is 2.10. The molecule has 1 aromatic carbocycles. The van der Waals surface area contributed by atoms with Gasteiger partial charge < -0.3 is 15.2 Å². The number of nitrogens with one attached hydrogen (secondary N) is 2. The highest BCUT2D eigenvalue weighted by Gasteiger charge is 2.15. The summed E-state index contributed by atoms with van der Waals surface area (Å²) in [5.41, 5.74) is 0.795. The van der Waals surface area contributed by atoms with Crippen LogP contribution in [0.2, 0.25) is 0 Å². The molecule has 1 aromatic rings. The van der Waals surface area contributed by atoms with Crippen molar-refractivity contribution in [1.29, 1.82) is 0 Å². The molecule has 21 heavy (non-hydrogen) atoms. The predicted molar refractivity (Wildman–Crippen MR) is 77.0 cm³/mol. The summed E-state index contributed by atoms with van der Waals surface area (Å²) >= 11 is 0. The lowest BCUT2D eigenvalue weighted by Gasteiger charge is -2.11. The van der Waals surface area contributed by atoms with Crippen LogP contribution in [0.15, 0.2) is 29.2 Å². The number of sulfonamides is 1. The van der Waals surface area contributed by atoms with Crippen LogP contribution in [0.3, 0.4) is 0 Å². The minimum absolute atomic E-state index is 0.0537. The van der Waals surface area contributed by atoms with Crippen LogP contribution < -0.4 is 10.0 Å². The maximum absolute atomic E-state index is 12.0. The fraction of sp³-hybridized carbons (Fsp3) is 0.462. The van der Waals surface area contributed by atoms with Gasteiger partial charge in [-0.3, -0.25) is 4.79 Å². The minimum Gasteiger partial charge on any atom is -0.389 e. The van der Waals surface area contributed by atoms with Gasteiger partial charge in [0.05, 0.1) is 17.6 Å². The Kier molecular flexibility index (Phi) is 6.76. The van der Waals surface area contributed by atoms with Crippen LogP contribution in [-0.2, 0) is 26.1 Å². The number of benzene rings is 1. The van der Waals surface area contributed by atoms with Gasteiger partial charge in [0.15, 0.2) is 0 Å². The standard InChI is InChI=1S/C13H20N2O5S/c1-10(16)14-7-11-3-5-13(6-4-11)21(18,19)15-8-12(17)9-20-2/h3-6,12,15,17H,7-9H2,1-2H3,(H,14,16). The van der Waals surface area contributed by atoms with E-state index in [-0.39, 0.29) is 24.0 Å². The van der Waals surface area contributed by atoms with Crippen molar-refractivity contribution in [2.45, 2.75) is 24.5 Å². The first-order chi connectivity index (χ1) is 9.85. The van der Waals surface area contributed by atoms with Crippen molar-refractivity contribution >= 4 is 15.9 Å². The molecule has 8 heteroatoms. The first-order valence-corrected chi connectivity index (χ1v) is 7.83. The molecule has 0 radical (unpaired) electrons. The van der Waals surface area contributed by atoms with Crippen LogP contribution in [0.25, 0.3) is 0 Å². The fourth-order valence-corrected chi connectivity index (χ4v) is 2.63. The van der Waals surface area contributed by atoms with E-state index in [0.29, 0.717) is 6.54 Å². The second-order valence-corrected chi connectivity index (χ2v) is 6.28. The van der Waals surface area contributed by atoms with E-state index in [1.165, 1.54) is 26.2 Å². The summed E-state index contributed by atoms with van der Waals surface area (Å²) < 4.78 is 31.0. The molecule has 3 N–H and O–H groups in total. The molecule has 0 aliphatic carbocycles. The molecule has 0 bridgehead atoms. The molecule has 0 aliphatic rings. The van der Waals surface area contributed by atoms with E-state index >= 15 is 0 Å². The van der Waals surface area contributed by atoms with E-state index in [0.717, 1.165) is 5.56 Å². The van der Waals surface area contributed by atoms with Gasteiger partial charge in [0.1, 0.15) is 0 Å². The van der Waals surface area contributed by atoms with Crippen LogP contribution in [-0.4, -0.2) is 45.8 Å². The van der Waals surface area contributed by atoms with Gasteiger partial charge in [-0.15, -0.1) is 0 Å².